The summed E-state index contributed by atoms with van der Waals surface area (Å²) < 4.78 is 31.8. The molecule has 1 rings (SSSR count). The highest BCUT2D eigenvalue weighted by Gasteiger charge is 2.18. The molecule has 0 fully saturated rings. The summed E-state index contributed by atoms with van der Waals surface area (Å²) in [6.07, 6.45) is 0. The molecule has 0 radical (unpaired) electrons. The van der Waals surface area contributed by atoms with E-state index < -0.39 is 30.2 Å². The second-order valence-corrected chi connectivity index (χ2v) is 4.32. The number of carboxylic acid groups (broad SMARTS) is 1. The number of nitrogens with one attached hydrogen (secondary N) is 1. The normalized spacial score (nSPS) is 10.3. The van der Waals surface area contributed by atoms with Gasteiger partial charge in [0, 0.05) is 19.7 Å². The van der Waals surface area contributed by atoms with Gasteiger partial charge in [0.25, 0.3) is 0 Å². The number of rotatable bonds is 6. The average molecular weight is 302 g/mol. The molecular formula is C13H16F2N2O4. The first-order valence-electron chi connectivity index (χ1n) is 6.07. The monoisotopic (exact) mass is 302 g/mol. The van der Waals surface area contributed by atoms with Gasteiger partial charge in [-0.3, -0.25) is 4.79 Å². The van der Waals surface area contributed by atoms with E-state index in [0.717, 1.165) is 17.0 Å². The van der Waals surface area contributed by atoms with Crippen molar-refractivity contribution >= 4 is 17.7 Å². The van der Waals surface area contributed by atoms with E-state index in [1.807, 2.05) is 0 Å². The van der Waals surface area contributed by atoms with Crippen molar-refractivity contribution in [3.8, 4) is 0 Å². The van der Waals surface area contributed by atoms with E-state index in [2.05, 4.69) is 5.32 Å². The number of amides is 2. The van der Waals surface area contributed by atoms with Gasteiger partial charge in [-0.1, -0.05) is 0 Å². The third-order valence-electron chi connectivity index (χ3n) is 2.67. The second kappa shape index (κ2) is 7.53. The maximum absolute atomic E-state index is 13.6. The molecule has 0 spiro atoms. The van der Waals surface area contributed by atoms with Crippen molar-refractivity contribution in [1.29, 1.82) is 0 Å². The van der Waals surface area contributed by atoms with E-state index in [-0.39, 0.29) is 24.4 Å². The Bertz CT molecular complexity index is 537. The van der Waals surface area contributed by atoms with Gasteiger partial charge >= 0.3 is 12.0 Å². The molecular weight excluding hydrogens is 286 g/mol. The van der Waals surface area contributed by atoms with E-state index in [9.17, 15) is 18.4 Å². The highest BCUT2D eigenvalue weighted by molar-refractivity contribution is 5.91. The van der Waals surface area contributed by atoms with Crippen LogP contribution >= 0.6 is 0 Å². The van der Waals surface area contributed by atoms with Crippen molar-refractivity contribution in [1.82, 2.24) is 4.90 Å². The van der Waals surface area contributed by atoms with Crippen molar-refractivity contribution in [2.75, 3.05) is 32.1 Å². The Morgan fingerprint density at radius 1 is 1.33 bits per heavy atom. The van der Waals surface area contributed by atoms with Gasteiger partial charge in [0.15, 0.2) is 0 Å². The fraction of sp³-hybridized carbons (Fsp3) is 0.385. The lowest BCUT2D eigenvalue weighted by atomic mass is 10.2. The van der Waals surface area contributed by atoms with Crippen molar-refractivity contribution in [2.24, 2.45) is 0 Å². The minimum atomic E-state index is -1.23. The number of carbonyl (C=O) groups excluding carboxylic acids is 1. The third-order valence-corrected chi connectivity index (χ3v) is 2.67. The molecule has 2 amide bonds. The predicted molar refractivity (Wildman–Crippen MR) is 71.2 cm³/mol. The quantitative estimate of drug-likeness (QED) is 0.840. The molecule has 0 atom stereocenters. The lowest BCUT2D eigenvalue weighted by Crippen LogP contribution is -2.40. The zero-order chi connectivity index (χ0) is 16.0. The topological polar surface area (TPSA) is 78.9 Å². The van der Waals surface area contributed by atoms with Crippen LogP contribution in [0.15, 0.2) is 12.1 Å². The molecule has 0 unspecified atom stereocenters. The predicted octanol–water partition coefficient (Wildman–Crippen LogP) is 1.84. The lowest BCUT2D eigenvalue weighted by molar-refractivity contribution is -0.137. The molecule has 1 aromatic carbocycles. The third kappa shape index (κ3) is 4.99. The Hall–Kier alpha value is -2.22. The minimum Gasteiger partial charge on any atom is -0.480 e. The van der Waals surface area contributed by atoms with E-state index in [1.165, 1.54) is 14.0 Å². The van der Waals surface area contributed by atoms with Crippen LogP contribution in [0.5, 0.6) is 0 Å². The summed E-state index contributed by atoms with van der Waals surface area (Å²) in [5.41, 5.74) is -0.247. The molecule has 21 heavy (non-hydrogen) atoms. The van der Waals surface area contributed by atoms with E-state index in [4.69, 9.17) is 9.84 Å². The number of hydrogen-bond donors (Lipinski definition) is 2. The summed E-state index contributed by atoms with van der Waals surface area (Å²) in [4.78, 5) is 23.5. The van der Waals surface area contributed by atoms with E-state index in [0.29, 0.717) is 0 Å². The Morgan fingerprint density at radius 3 is 2.57 bits per heavy atom. The minimum absolute atomic E-state index is 0.00456. The van der Waals surface area contributed by atoms with Crippen LogP contribution in [0.1, 0.15) is 5.56 Å². The Labute approximate surface area is 120 Å². The zero-order valence-electron chi connectivity index (χ0n) is 11.7. The number of benzene rings is 1. The smallest absolute Gasteiger partial charge is 0.323 e. The summed E-state index contributed by atoms with van der Waals surface area (Å²) in [5, 5.41) is 10.9. The average Bonchev–Trinajstić information content (AvgIpc) is 2.40. The molecule has 0 heterocycles. The molecule has 0 saturated heterocycles. The molecule has 0 aromatic heterocycles. The van der Waals surface area contributed by atoms with Crippen LogP contribution in [-0.2, 0) is 9.53 Å². The number of hydrogen-bond acceptors (Lipinski definition) is 3. The van der Waals surface area contributed by atoms with Gasteiger partial charge in [-0.15, -0.1) is 0 Å². The first-order chi connectivity index (χ1) is 9.85. The van der Waals surface area contributed by atoms with E-state index >= 15 is 0 Å². The van der Waals surface area contributed by atoms with Crippen LogP contribution in [-0.4, -0.2) is 48.8 Å². The van der Waals surface area contributed by atoms with Crippen LogP contribution < -0.4 is 5.32 Å². The highest BCUT2D eigenvalue weighted by atomic mass is 19.1. The molecule has 1 aromatic rings. The molecule has 116 valence electrons. The zero-order valence-corrected chi connectivity index (χ0v) is 11.7. The van der Waals surface area contributed by atoms with Crippen molar-refractivity contribution in [3.63, 3.8) is 0 Å². The Morgan fingerprint density at radius 2 is 2.00 bits per heavy atom. The van der Waals surface area contributed by atoms with Gasteiger partial charge in [0.2, 0.25) is 0 Å². The first kappa shape index (κ1) is 16.8. The van der Waals surface area contributed by atoms with Crippen molar-refractivity contribution in [3.05, 3.63) is 29.3 Å². The number of aryl methyl sites for hydroxylation is 1. The van der Waals surface area contributed by atoms with Crippen LogP contribution in [0.2, 0.25) is 0 Å². The van der Waals surface area contributed by atoms with Crippen molar-refractivity contribution in [2.45, 2.75) is 6.92 Å². The van der Waals surface area contributed by atoms with Crippen LogP contribution in [0, 0.1) is 18.6 Å². The number of anilines is 1. The summed E-state index contributed by atoms with van der Waals surface area (Å²) in [5.74, 6) is -2.70. The number of carboxylic acids is 1. The molecule has 0 saturated carbocycles. The van der Waals surface area contributed by atoms with Gasteiger partial charge < -0.3 is 20.1 Å². The van der Waals surface area contributed by atoms with Gasteiger partial charge in [-0.05, 0) is 18.6 Å². The Balaban J connectivity index is 2.85. The molecule has 0 bridgehead atoms. The molecule has 0 aliphatic rings. The standard InChI is InChI=1S/C13H16F2N2O4/c1-8-5-10(15)11(6-9(8)14)16-13(20)17(3-4-21-2)7-12(18)19/h5-6H,3-4,7H2,1-2H3,(H,16,20)(H,18,19). The van der Waals surface area contributed by atoms with Crippen LogP contribution in [0.3, 0.4) is 0 Å². The van der Waals surface area contributed by atoms with Gasteiger partial charge in [0.05, 0.1) is 12.3 Å². The molecule has 8 heteroatoms. The molecule has 0 aliphatic carbocycles. The molecule has 6 nitrogen and oxygen atoms in total. The maximum atomic E-state index is 13.6. The number of nitrogens with zero attached hydrogens (tertiary/aromatic N) is 1. The first-order valence-corrected chi connectivity index (χ1v) is 6.07. The fourth-order valence-electron chi connectivity index (χ4n) is 1.55. The van der Waals surface area contributed by atoms with E-state index in [1.54, 1.807) is 0 Å². The summed E-state index contributed by atoms with van der Waals surface area (Å²) in [7, 11) is 1.39. The number of methoxy groups -OCH3 is 1. The summed E-state index contributed by atoms with van der Waals surface area (Å²) in [6.45, 7) is 0.931. The fourth-order valence-corrected chi connectivity index (χ4v) is 1.55. The van der Waals surface area contributed by atoms with Gasteiger partial charge in [-0.2, -0.15) is 0 Å². The van der Waals surface area contributed by atoms with Crippen LogP contribution in [0.25, 0.3) is 0 Å². The number of urea groups is 1. The number of halogens is 2. The Kier molecular flexibility index (Phi) is 6.04. The largest absolute Gasteiger partial charge is 0.480 e. The second-order valence-electron chi connectivity index (χ2n) is 4.32. The summed E-state index contributed by atoms with van der Waals surface area (Å²) in [6, 6.07) is 0.941. The molecule has 0 aliphatic heterocycles. The van der Waals surface area contributed by atoms with Gasteiger partial charge in [0.1, 0.15) is 18.2 Å². The van der Waals surface area contributed by atoms with Gasteiger partial charge in [-0.25, -0.2) is 13.6 Å². The number of carbonyl (C=O) groups is 2. The lowest BCUT2D eigenvalue weighted by Gasteiger charge is -2.21. The SMILES string of the molecule is COCCN(CC(=O)O)C(=O)Nc1cc(F)c(C)cc1F. The summed E-state index contributed by atoms with van der Waals surface area (Å²) >= 11 is 0. The number of ether oxygens (including phenoxy) is 1. The van der Waals surface area contributed by atoms with Crippen molar-refractivity contribution < 1.29 is 28.2 Å². The highest BCUT2D eigenvalue weighted by Crippen LogP contribution is 2.19. The van der Waals surface area contributed by atoms with Crippen LogP contribution in [0.4, 0.5) is 19.3 Å². The molecule has 2 N–H and O–H groups in total. The maximum Gasteiger partial charge on any atom is 0.323 e. The number of aliphatic carboxylic acids is 1.